The van der Waals surface area contributed by atoms with E-state index in [0.29, 0.717) is 19.0 Å². The van der Waals surface area contributed by atoms with E-state index < -0.39 is 11.9 Å². The number of anilines is 4. The quantitative estimate of drug-likeness (QED) is 0.0582. The van der Waals surface area contributed by atoms with Gasteiger partial charge >= 0.3 is 0 Å². The number of hydrogen-bond donors (Lipinski definition) is 0. The number of aliphatic carboxylic acids is 2. The van der Waals surface area contributed by atoms with Gasteiger partial charge in [0.2, 0.25) is 0 Å². The van der Waals surface area contributed by atoms with Crippen molar-refractivity contribution in [2.24, 2.45) is 11.8 Å². The first-order valence-electron chi connectivity index (χ1n) is 30.9. The Balaban J connectivity index is 0.000000548. The number of carboxylic acid groups (broad SMARTS) is 2. The van der Waals surface area contributed by atoms with E-state index in [1.54, 1.807) is 0 Å². The van der Waals surface area contributed by atoms with Crippen molar-refractivity contribution in [3.8, 4) is 0 Å². The zero-order valence-corrected chi connectivity index (χ0v) is 52.1. The molecule has 0 atom stereocenters. The summed E-state index contributed by atoms with van der Waals surface area (Å²) in [6, 6.07) is 29.9. The second-order valence-corrected chi connectivity index (χ2v) is 21.7. The van der Waals surface area contributed by atoms with Crippen molar-refractivity contribution in [2.45, 2.75) is 182 Å². The average molecular weight is 1080 g/mol. The first-order chi connectivity index (χ1) is 37.0. The van der Waals surface area contributed by atoms with Crippen LogP contribution in [0.25, 0.3) is 0 Å². The molecule has 0 aromatic heterocycles. The van der Waals surface area contributed by atoms with Crippen LogP contribution in [-0.4, -0.2) is 117 Å². The fourth-order valence-corrected chi connectivity index (χ4v) is 11.6. The van der Waals surface area contributed by atoms with E-state index in [0.717, 1.165) is 48.7 Å². The molecular formula is C69H116N5O4+. The monoisotopic (exact) mass is 1080 g/mol. The van der Waals surface area contributed by atoms with Crippen molar-refractivity contribution in [1.29, 1.82) is 0 Å². The van der Waals surface area contributed by atoms with Crippen LogP contribution in [-0.2, 0) is 35.3 Å². The van der Waals surface area contributed by atoms with Crippen molar-refractivity contribution in [3.63, 3.8) is 0 Å². The van der Waals surface area contributed by atoms with Crippen LogP contribution in [0.15, 0.2) is 84.9 Å². The topological polar surface area (TPSA) is 86.7 Å². The summed E-state index contributed by atoms with van der Waals surface area (Å²) in [5.74, 6) is -0.596. The first kappa shape index (κ1) is 71.3. The fraction of sp³-hybridized carbons (Fsp3) is 0.623. The molecule has 4 aromatic rings. The Morgan fingerprint density at radius 1 is 0.397 bits per heavy atom. The smallest absolute Gasteiger partial charge is 0.0757 e. The summed E-state index contributed by atoms with van der Waals surface area (Å²) in [4.78, 5) is 26.3. The number of carbonyl (C=O) groups excluding carboxylic acids is 2. The maximum absolute atomic E-state index is 11.3. The minimum Gasteiger partial charge on any atom is -0.550 e. The second-order valence-electron chi connectivity index (χ2n) is 21.7. The summed E-state index contributed by atoms with van der Waals surface area (Å²) in [5, 5.41) is 22.0. The molecule has 6 rings (SSSR count). The molecule has 0 amide bonds. The van der Waals surface area contributed by atoms with Gasteiger partial charge in [0.1, 0.15) is 0 Å². The minimum atomic E-state index is -1.01. The van der Waals surface area contributed by atoms with E-state index in [4.69, 9.17) is 0 Å². The van der Waals surface area contributed by atoms with Gasteiger partial charge in [-0.1, -0.05) is 121 Å². The van der Waals surface area contributed by atoms with Gasteiger partial charge in [-0.05, 0) is 165 Å². The number of rotatable bonds is 26. The van der Waals surface area contributed by atoms with Crippen LogP contribution >= 0.6 is 0 Å². The molecule has 0 fully saturated rings. The maximum atomic E-state index is 11.3. The van der Waals surface area contributed by atoms with E-state index >= 15 is 0 Å². The van der Waals surface area contributed by atoms with Gasteiger partial charge < -0.3 is 43.1 Å². The Bertz CT molecular complexity index is 2130. The van der Waals surface area contributed by atoms with Crippen molar-refractivity contribution in [1.82, 2.24) is 0 Å². The third-order valence-corrected chi connectivity index (χ3v) is 18.7. The molecule has 78 heavy (non-hydrogen) atoms. The number of hydrogen-bond acceptors (Lipinski definition) is 6. The van der Waals surface area contributed by atoms with E-state index in [-0.39, 0.29) is 20.3 Å². The van der Waals surface area contributed by atoms with Crippen LogP contribution in [0.1, 0.15) is 190 Å². The minimum absolute atomic E-state index is 0. The predicted molar refractivity (Wildman–Crippen MR) is 334 cm³/mol. The zero-order valence-electron chi connectivity index (χ0n) is 52.1. The van der Waals surface area contributed by atoms with E-state index in [2.05, 4.69) is 169 Å². The van der Waals surface area contributed by atoms with Crippen molar-refractivity contribution < 1.29 is 33.3 Å². The lowest BCUT2D eigenvalue weighted by Gasteiger charge is -2.34. The summed E-state index contributed by atoms with van der Waals surface area (Å²) in [7, 11) is 0. The highest BCUT2D eigenvalue weighted by molar-refractivity contribution is 5.77. The van der Waals surface area contributed by atoms with Gasteiger partial charge in [0.05, 0.1) is 78.5 Å². The van der Waals surface area contributed by atoms with Gasteiger partial charge in [0, 0.05) is 73.5 Å². The van der Waals surface area contributed by atoms with Gasteiger partial charge in [-0.2, -0.15) is 0 Å². The predicted octanol–water partition coefficient (Wildman–Crippen LogP) is 14.0. The Hall–Kier alpha value is -4.70. The molecule has 0 radical (unpaired) electrons. The summed E-state index contributed by atoms with van der Waals surface area (Å²) in [5.41, 5.74) is 12.3. The number of carboxylic acids is 2. The molecule has 2 heterocycles. The molecule has 9 heteroatoms. The van der Waals surface area contributed by atoms with E-state index in [9.17, 15) is 19.8 Å². The number of quaternary nitrogens is 3. The maximum Gasteiger partial charge on any atom is 0.0757 e. The summed E-state index contributed by atoms with van der Waals surface area (Å²) < 4.78 is 3.83. The first-order valence-corrected chi connectivity index (χ1v) is 30.9. The Morgan fingerprint density at radius 2 is 0.692 bits per heavy atom. The SMILES string of the molecule is C.CCC(CC)Cc1ccc2c(c1)Cc1ccc(CC(CC)CC)cc1N2CCC(=O)[O-].CC[N+](CC)(CC)CC.CC[N+](CC)(CC)CC.CC[N+](CC)(CC)CC.O=C([O-])CCN1c2ccccc2Cc2ccccc21. The summed E-state index contributed by atoms with van der Waals surface area (Å²) in [6.07, 6.45) is 8.84. The standard InChI is InChI=1S/C28H39NO2.C16H15NO2.3C8H20N.CH4/c1-5-20(6-2)15-22-10-12-26-25(17-22)19-24-11-9-23(16-21(7-3)8-4)18-27(24)29(26)14-13-28(30)31;18-16(19)9-10-17-14-7-3-1-5-12(14)11-13-6-2-4-8-15(13)17;3*1-5-9(6-2,7-3)8-4;/h9-12,17-18,20-21H,5-8,13-16,19H2,1-4H3,(H,30,31);1-8H,9-11H2,(H,18,19);3*5-8H2,1-4H3;1H4/q;;3*+1;/p-2. The third-order valence-electron chi connectivity index (χ3n) is 18.7. The van der Waals surface area contributed by atoms with Gasteiger partial charge in [-0.25, -0.2) is 0 Å². The molecule has 0 bridgehead atoms. The second kappa shape index (κ2) is 37.3. The number of benzene rings is 4. The van der Waals surface area contributed by atoms with Crippen LogP contribution in [0.2, 0.25) is 0 Å². The van der Waals surface area contributed by atoms with Crippen LogP contribution in [0.4, 0.5) is 22.7 Å². The van der Waals surface area contributed by atoms with Gasteiger partial charge in [0.15, 0.2) is 0 Å². The van der Waals surface area contributed by atoms with Crippen LogP contribution in [0, 0.1) is 11.8 Å². The Morgan fingerprint density at radius 3 is 1.03 bits per heavy atom. The van der Waals surface area contributed by atoms with Crippen molar-refractivity contribution in [2.75, 3.05) is 101 Å². The highest BCUT2D eigenvalue weighted by Crippen LogP contribution is 2.41. The van der Waals surface area contributed by atoms with Gasteiger partial charge in [0.25, 0.3) is 0 Å². The zero-order chi connectivity index (χ0) is 57.6. The summed E-state index contributed by atoms with van der Waals surface area (Å²) in [6.45, 7) is 52.6. The van der Waals surface area contributed by atoms with E-state index in [1.807, 2.05) is 36.4 Å². The molecule has 0 saturated carbocycles. The Labute approximate surface area is 479 Å². The normalized spacial score (nSPS) is 12.4. The highest BCUT2D eigenvalue weighted by Gasteiger charge is 2.25. The molecule has 9 nitrogen and oxygen atoms in total. The number of carbonyl (C=O) groups is 2. The average Bonchev–Trinajstić information content (AvgIpc) is 3.46. The molecule has 0 unspecified atom stereocenters. The molecule has 4 aromatic carbocycles. The van der Waals surface area contributed by atoms with E-state index in [1.165, 1.54) is 157 Å². The van der Waals surface area contributed by atoms with Crippen LogP contribution in [0.5, 0.6) is 0 Å². The largest absolute Gasteiger partial charge is 0.550 e. The third kappa shape index (κ3) is 21.1. The van der Waals surface area contributed by atoms with Crippen LogP contribution in [0.3, 0.4) is 0 Å². The molecule has 0 aliphatic carbocycles. The van der Waals surface area contributed by atoms with Gasteiger partial charge in [-0.3, -0.25) is 0 Å². The van der Waals surface area contributed by atoms with Gasteiger partial charge in [-0.15, -0.1) is 0 Å². The summed E-state index contributed by atoms with van der Waals surface area (Å²) >= 11 is 0. The fourth-order valence-electron chi connectivity index (χ4n) is 11.6. The molecule has 0 saturated heterocycles. The lowest BCUT2D eigenvalue weighted by atomic mass is 9.88. The van der Waals surface area contributed by atoms with Crippen molar-refractivity contribution in [3.05, 3.63) is 118 Å². The molecule has 0 N–H and O–H groups in total. The molecular weight excluding hydrogens is 963 g/mol. The molecule has 0 spiro atoms. The van der Waals surface area contributed by atoms with Crippen molar-refractivity contribution >= 4 is 34.7 Å². The molecule has 2 aliphatic rings. The lowest BCUT2D eigenvalue weighted by molar-refractivity contribution is -0.921. The number of fused-ring (bicyclic) bond motifs is 4. The lowest BCUT2D eigenvalue weighted by Crippen LogP contribution is -2.47. The van der Waals surface area contributed by atoms with Crippen LogP contribution < -0.4 is 20.0 Å². The molecule has 2 aliphatic heterocycles. The number of nitrogens with zero attached hydrogens (tertiary/aromatic N) is 5. The highest BCUT2D eigenvalue weighted by atomic mass is 16.4. The molecule has 440 valence electrons. The Kier molecular flexibility index (Phi) is 34.1. The number of para-hydroxylation sites is 2.